The van der Waals surface area contributed by atoms with Crippen LogP contribution < -0.4 is 5.48 Å². The van der Waals surface area contributed by atoms with Crippen molar-refractivity contribution >= 4 is 5.91 Å². The number of aliphatic hydroxyl groups is 1. The first-order valence-electron chi connectivity index (χ1n) is 4.88. The SMILES string of the molecule is COCONC(=O)C(C)(O)c1ccc(F)cc1. The molecule has 0 aliphatic carbocycles. The molecule has 0 spiro atoms. The third kappa shape index (κ3) is 3.48. The number of hydrogen-bond donors (Lipinski definition) is 2. The maximum absolute atomic E-state index is 12.7. The van der Waals surface area contributed by atoms with Crippen molar-refractivity contribution in [1.29, 1.82) is 0 Å². The number of methoxy groups -OCH3 is 1. The summed E-state index contributed by atoms with van der Waals surface area (Å²) in [5.74, 6) is -1.21. The lowest BCUT2D eigenvalue weighted by Gasteiger charge is -2.22. The van der Waals surface area contributed by atoms with Gasteiger partial charge in [-0.15, -0.1) is 0 Å². The van der Waals surface area contributed by atoms with Gasteiger partial charge >= 0.3 is 0 Å². The largest absolute Gasteiger partial charge is 0.375 e. The summed E-state index contributed by atoms with van der Waals surface area (Å²) in [7, 11) is 1.39. The first kappa shape index (κ1) is 13.6. The highest BCUT2D eigenvalue weighted by Crippen LogP contribution is 2.20. The molecule has 0 radical (unpaired) electrons. The minimum atomic E-state index is -1.80. The van der Waals surface area contributed by atoms with E-state index in [0.717, 1.165) is 12.1 Å². The van der Waals surface area contributed by atoms with Crippen LogP contribution in [-0.2, 0) is 20.0 Å². The fourth-order valence-electron chi connectivity index (χ4n) is 1.16. The van der Waals surface area contributed by atoms with E-state index in [1.165, 1.54) is 26.2 Å². The third-order valence-electron chi connectivity index (χ3n) is 2.19. The predicted molar refractivity (Wildman–Crippen MR) is 57.1 cm³/mol. The number of halogens is 1. The van der Waals surface area contributed by atoms with Crippen LogP contribution >= 0.6 is 0 Å². The molecule has 2 N–H and O–H groups in total. The number of rotatable bonds is 5. The quantitative estimate of drug-likeness (QED) is 0.453. The van der Waals surface area contributed by atoms with E-state index in [9.17, 15) is 14.3 Å². The van der Waals surface area contributed by atoms with Crippen molar-refractivity contribution in [3.05, 3.63) is 35.6 Å². The average molecular weight is 243 g/mol. The molecule has 1 atom stereocenters. The van der Waals surface area contributed by atoms with Crippen LogP contribution in [0.25, 0.3) is 0 Å². The highest BCUT2D eigenvalue weighted by atomic mass is 19.1. The number of benzene rings is 1. The highest BCUT2D eigenvalue weighted by Gasteiger charge is 2.32. The van der Waals surface area contributed by atoms with Gasteiger partial charge in [0.1, 0.15) is 5.82 Å². The van der Waals surface area contributed by atoms with Crippen molar-refractivity contribution in [1.82, 2.24) is 5.48 Å². The maximum Gasteiger partial charge on any atom is 0.279 e. The van der Waals surface area contributed by atoms with E-state index in [1.54, 1.807) is 0 Å². The van der Waals surface area contributed by atoms with Crippen LogP contribution in [-0.4, -0.2) is 24.9 Å². The Morgan fingerprint density at radius 2 is 2.06 bits per heavy atom. The average Bonchev–Trinajstić information content (AvgIpc) is 2.29. The molecule has 0 heterocycles. The minimum absolute atomic E-state index is 0.134. The molecule has 0 bridgehead atoms. The Hall–Kier alpha value is -1.50. The molecule has 1 aromatic carbocycles. The van der Waals surface area contributed by atoms with Crippen molar-refractivity contribution in [2.45, 2.75) is 12.5 Å². The lowest BCUT2D eigenvalue weighted by Crippen LogP contribution is -2.42. The highest BCUT2D eigenvalue weighted by molar-refractivity contribution is 5.84. The van der Waals surface area contributed by atoms with E-state index in [2.05, 4.69) is 9.57 Å². The number of hydroxylamine groups is 1. The molecule has 0 aromatic heterocycles. The van der Waals surface area contributed by atoms with Crippen molar-refractivity contribution < 1.29 is 23.9 Å². The van der Waals surface area contributed by atoms with Crippen LogP contribution in [0.3, 0.4) is 0 Å². The molecule has 0 aliphatic heterocycles. The number of ether oxygens (including phenoxy) is 1. The Bertz CT molecular complexity index is 378. The van der Waals surface area contributed by atoms with E-state index in [1.807, 2.05) is 5.48 Å². The summed E-state index contributed by atoms with van der Waals surface area (Å²) in [6.07, 6.45) is 0. The van der Waals surface area contributed by atoms with Gasteiger partial charge in [0, 0.05) is 7.11 Å². The van der Waals surface area contributed by atoms with Gasteiger partial charge in [0.25, 0.3) is 5.91 Å². The molecule has 1 amide bonds. The Morgan fingerprint density at radius 3 is 2.59 bits per heavy atom. The fourth-order valence-corrected chi connectivity index (χ4v) is 1.16. The second kappa shape index (κ2) is 5.72. The zero-order chi connectivity index (χ0) is 12.9. The molecule has 1 unspecified atom stereocenters. The summed E-state index contributed by atoms with van der Waals surface area (Å²) >= 11 is 0. The second-order valence-electron chi connectivity index (χ2n) is 3.56. The molecule has 1 aromatic rings. The van der Waals surface area contributed by atoms with Crippen molar-refractivity contribution in [2.24, 2.45) is 0 Å². The summed E-state index contributed by atoms with van der Waals surface area (Å²) in [5.41, 5.74) is 0.487. The summed E-state index contributed by atoms with van der Waals surface area (Å²) in [5, 5.41) is 9.99. The lowest BCUT2D eigenvalue weighted by molar-refractivity contribution is -0.162. The Kier molecular flexibility index (Phi) is 4.56. The lowest BCUT2D eigenvalue weighted by atomic mass is 9.95. The van der Waals surface area contributed by atoms with E-state index < -0.39 is 17.3 Å². The van der Waals surface area contributed by atoms with E-state index in [4.69, 9.17) is 0 Å². The number of hydrogen-bond acceptors (Lipinski definition) is 4. The number of amides is 1. The van der Waals surface area contributed by atoms with Crippen LogP contribution in [0.15, 0.2) is 24.3 Å². The molecule has 0 saturated carbocycles. The molecular weight excluding hydrogens is 229 g/mol. The first-order valence-corrected chi connectivity index (χ1v) is 4.88. The standard InChI is InChI=1S/C11H14FNO4/c1-11(15,10(14)13-17-7-16-2)8-3-5-9(12)6-4-8/h3-6,15H,7H2,1-2H3,(H,13,14). The van der Waals surface area contributed by atoms with Gasteiger partial charge in [0.15, 0.2) is 12.4 Å². The Morgan fingerprint density at radius 1 is 1.47 bits per heavy atom. The van der Waals surface area contributed by atoms with Crippen LogP contribution in [0.2, 0.25) is 0 Å². The Labute approximate surface area is 98.1 Å². The van der Waals surface area contributed by atoms with Gasteiger partial charge in [-0.2, -0.15) is 0 Å². The smallest absolute Gasteiger partial charge is 0.279 e. The zero-order valence-electron chi connectivity index (χ0n) is 9.57. The Balaban J connectivity index is 2.72. The molecule has 17 heavy (non-hydrogen) atoms. The molecule has 0 aliphatic rings. The molecule has 6 heteroatoms. The molecule has 94 valence electrons. The minimum Gasteiger partial charge on any atom is -0.375 e. The van der Waals surface area contributed by atoms with E-state index in [-0.39, 0.29) is 12.4 Å². The van der Waals surface area contributed by atoms with E-state index >= 15 is 0 Å². The van der Waals surface area contributed by atoms with Crippen LogP contribution in [0.1, 0.15) is 12.5 Å². The van der Waals surface area contributed by atoms with E-state index in [0.29, 0.717) is 0 Å². The van der Waals surface area contributed by atoms with Crippen LogP contribution in [0.5, 0.6) is 0 Å². The van der Waals surface area contributed by atoms with Gasteiger partial charge in [0.05, 0.1) is 0 Å². The summed E-state index contributed by atoms with van der Waals surface area (Å²) in [6, 6.07) is 4.97. The van der Waals surface area contributed by atoms with Crippen molar-refractivity contribution in [2.75, 3.05) is 13.9 Å². The van der Waals surface area contributed by atoms with Gasteiger partial charge in [0.2, 0.25) is 0 Å². The molecular formula is C11H14FNO4. The van der Waals surface area contributed by atoms with Gasteiger partial charge in [-0.3, -0.25) is 4.79 Å². The van der Waals surface area contributed by atoms with Gasteiger partial charge in [-0.25, -0.2) is 14.7 Å². The summed E-state index contributed by atoms with van der Waals surface area (Å²) < 4.78 is 17.3. The van der Waals surface area contributed by atoms with Gasteiger partial charge in [-0.1, -0.05) is 12.1 Å². The number of carbonyl (C=O) groups excluding carboxylic acids is 1. The monoisotopic (exact) mass is 243 g/mol. The zero-order valence-corrected chi connectivity index (χ0v) is 9.57. The fraction of sp³-hybridized carbons (Fsp3) is 0.364. The predicted octanol–water partition coefficient (Wildman–Crippen LogP) is 0.685. The van der Waals surface area contributed by atoms with Crippen molar-refractivity contribution in [3.8, 4) is 0 Å². The van der Waals surface area contributed by atoms with Gasteiger partial charge in [-0.05, 0) is 24.6 Å². The van der Waals surface area contributed by atoms with Crippen molar-refractivity contribution in [3.63, 3.8) is 0 Å². The third-order valence-corrected chi connectivity index (χ3v) is 2.19. The topological polar surface area (TPSA) is 67.8 Å². The van der Waals surface area contributed by atoms with Crippen LogP contribution in [0, 0.1) is 5.82 Å². The van der Waals surface area contributed by atoms with Crippen LogP contribution in [0.4, 0.5) is 4.39 Å². The number of nitrogens with one attached hydrogen (secondary N) is 1. The summed E-state index contributed by atoms with van der Waals surface area (Å²) in [6.45, 7) is 1.15. The molecule has 5 nitrogen and oxygen atoms in total. The molecule has 1 rings (SSSR count). The first-order chi connectivity index (χ1) is 7.98. The number of carbonyl (C=O) groups is 1. The normalized spacial score (nSPS) is 14.1. The summed E-state index contributed by atoms with van der Waals surface area (Å²) in [4.78, 5) is 16.2. The van der Waals surface area contributed by atoms with Gasteiger partial charge < -0.3 is 9.84 Å². The maximum atomic E-state index is 12.7. The molecule has 0 fully saturated rings. The second-order valence-corrected chi connectivity index (χ2v) is 3.56. The molecule has 0 saturated heterocycles.